The van der Waals surface area contributed by atoms with E-state index in [0.717, 1.165) is 11.8 Å². The first-order chi connectivity index (χ1) is 6.01. The van der Waals surface area contributed by atoms with Crippen molar-refractivity contribution < 1.29 is 9.90 Å². The van der Waals surface area contributed by atoms with Gasteiger partial charge in [0.25, 0.3) is 0 Å². The zero-order chi connectivity index (χ0) is 9.90. The van der Waals surface area contributed by atoms with E-state index in [1.54, 1.807) is 26.0 Å². The van der Waals surface area contributed by atoms with Crippen LogP contribution in [0.2, 0.25) is 0 Å². The van der Waals surface area contributed by atoms with Crippen LogP contribution in [-0.4, -0.2) is 17.0 Å². The molecule has 0 aromatic heterocycles. The van der Waals surface area contributed by atoms with E-state index in [9.17, 15) is 9.90 Å². The minimum Gasteiger partial charge on any atom is -0.390 e. The Morgan fingerprint density at radius 2 is 2.15 bits per heavy atom. The third kappa shape index (κ3) is 3.38. The highest BCUT2D eigenvalue weighted by Crippen LogP contribution is 2.12. The van der Waals surface area contributed by atoms with Crippen molar-refractivity contribution in [2.24, 2.45) is 0 Å². The van der Waals surface area contributed by atoms with Gasteiger partial charge in [0, 0.05) is 12.0 Å². The van der Waals surface area contributed by atoms with Crippen LogP contribution in [0, 0.1) is 0 Å². The van der Waals surface area contributed by atoms with Gasteiger partial charge in [-0.25, -0.2) is 0 Å². The Kier molecular flexibility index (Phi) is 2.83. The summed E-state index contributed by atoms with van der Waals surface area (Å²) in [7, 11) is 0. The third-order valence-corrected chi connectivity index (χ3v) is 1.72. The molecule has 13 heavy (non-hydrogen) atoms. The second kappa shape index (κ2) is 3.71. The van der Waals surface area contributed by atoms with Crippen LogP contribution in [0.4, 0.5) is 0 Å². The van der Waals surface area contributed by atoms with Crippen LogP contribution in [0.15, 0.2) is 24.3 Å². The summed E-state index contributed by atoms with van der Waals surface area (Å²) < 4.78 is 0. The van der Waals surface area contributed by atoms with E-state index in [1.807, 2.05) is 12.1 Å². The average Bonchev–Trinajstić information content (AvgIpc) is 2.01. The minimum atomic E-state index is -0.721. The molecule has 0 radical (unpaired) electrons. The normalized spacial score (nSPS) is 11.3. The SMILES string of the molecule is CC(C)(O)Cc1cccc(C=O)c1. The van der Waals surface area contributed by atoms with E-state index < -0.39 is 5.60 Å². The lowest BCUT2D eigenvalue weighted by molar-refractivity contribution is 0.0809. The molecule has 0 unspecified atom stereocenters. The molecule has 0 saturated carbocycles. The van der Waals surface area contributed by atoms with E-state index in [1.165, 1.54) is 0 Å². The Balaban J connectivity index is 2.84. The molecule has 1 rings (SSSR count). The van der Waals surface area contributed by atoms with E-state index >= 15 is 0 Å². The number of aldehydes is 1. The summed E-state index contributed by atoms with van der Waals surface area (Å²) in [6.45, 7) is 3.50. The van der Waals surface area contributed by atoms with Gasteiger partial charge in [-0.15, -0.1) is 0 Å². The molecule has 0 bridgehead atoms. The van der Waals surface area contributed by atoms with Crippen LogP contribution < -0.4 is 0 Å². The number of benzene rings is 1. The number of hydrogen-bond donors (Lipinski definition) is 1. The Hall–Kier alpha value is -1.15. The van der Waals surface area contributed by atoms with Gasteiger partial charge in [0.15, 0.2) is 0 Å². The fraction of sp³-hybridized carbons (Fsp3) is 0.364. The van der Waals surface area contributed by atoms with Gasteiger partial charge in [-0.2, -0.15) is 0 Å². The number of hydrogen-bond acceptors (Lipinski definition) is 2. The van der Waals surface area contributed by atoms with E-state index in [4.69, 9.17) is 0 Å². The van der Waals surface area contributed by atoms with Crippen LogP contribution in [0.1, 0.15) is 29.8 Å². The lowest BCUT2D eigenvalue weighted by Crippen LogP contribution is -2.21. The zero-order valence-electron chi connectivity index (χ0n) is 7.95. The average molecular weight is 178 g/mol. The molecule has 0 fully saturated rings. The summed E-state index contributed by atoms with van der Waals surface area (Å²) >= 11 is 0. The van der Waals surface area contributed by atoms with Gasteiger partial charge in [0.05, 0.1) is 5.60 Å². The maximum absolute atomic E-state index is 10.5. The van der Waals surface area contributed by atoms with Crippen molar-refractivity contribution in [2.75, 3.05) is 0 Å². The Morgan fingerprint density at radius 1 is 1.46 bits per heavy atom. The van der Waals surface area contributed by atoms with Crippen molar-refractivity contribution in [3.63, 3.8) is 0 Å². The molecule has 2 nitrogen and oxygen atoms in total. The first kappa shape index (κ1) is 9.93. The molecular weight excluding hydrogens is 164 g/mol. The van der Waals surface area contributed by atoms with E-state index in [-0.39, 0.29) is 0 Å². The third-order valence-electron chi connectivity index (χ3n) is 1.72. The lowest BCUT2D eigenvalue weighted by Gasteiger charge is -2.16. The summed E-state index contributed by atoms with van der Waals surface area (Å²) in [5.41, 5.74) is 0.917. The van der Waals surface area contributed by atoms with Gasteiger partial charge >= 0.3 is 0 Å². The fourth-order valence-corrected chi connectivity index (χ4v) is 1.28. The van der Waals surface area contributed by atoms with Crippen molar-refractivity contribution >= 4 is 6.29 Å². The summed E-state index contributed by atoms with van der Waals surface area (Å²) in [5, 5.41) is 9.55. The van der Waals surface area contributed by atoms with Gasteiger partial charge in [0.2, 0.25) is 0 Å². The van der Waals surface area contributed by atoms with Crippen molar-refractivity contribution in [2.45, 2.75) is 25.9 Å². The van der Waals surface area contributed by atoms with Gasteiger partial charge in [0.1, 0.15) is 6.29 Å². The number of aliphatic hydroxyl groups is 1. The number of rotatable bonds is 3. The molecule has 70 valence electrons. The molecule has 0 heterocycles. The molecule has 1 aromatic rings. The van der Waals surface area contributed by atoms with Gasteiger partial charge in [-0.1, -0.05) is 18.2 Å². The standard InChI is InChI=1S/C11H14O2/c1-11(2,13)7-9-4-3-5-10(6-9)8-12/h3-6,8,13H,7H2,1-2H3. The van der Waals surface area contributed by atoms with Crippen LogP contribution in [0.5, 0.6) is 0 Å². The molecule has 0 spiro atoms. The molecule has 1 aromatic carbocycles. The molecule has 0 saturated heterocycles. The van der Waals surface area contributed by atoms with E-state index in [2.05, 4.69) is 0 Å². The van der Waals surface area contributed by atoms with Crippen LogP contribution in [0.3, 0.4) is 0 Å². The molecule has 0 aliphatic rings. The molecular formula is C11H14O2. The highest BCUT2D eigenvalue weighted by atomic mass is 16.3. The van der Waals surface area contributed by atoms with E-state index in [0.29, 0.717) is 12.0 Å². The van der Waals surface area contributed by atoms with Crippen molar-refractivity contribution in [3.8, 4) is 0 Å². The number of carbonyl (C=O) groups excluding carboxylic acids is 1. The van der Waals surface area contributed by atoms with Gasteiger partial charge < -0.3 is 5.11 Å². The topological polar surface area (TPSA) is 37.3 Å². The van der Waals surface area contributed by atoms with Crippen molar-refractivity contribution in [3.05, 3.63) is 35.4 Å². The van der Waals surface area contributed by atoms with Crippen LogP contribution in [-0.2, 0) is 6.42 Å². The van der Waals surface area contributed by atoms with Crippen molar-refractivity contribution in [1.29, 1.82) is 0 Å². The lowest BCUT2D eigenvalue weighted by atomic mass is 9.98. The zero-order valence-corrected chi connectivity index (χ0v) is 7.95. The Morgan fingerprint density at radius 3 is 2.69 bits per heavy atom. The second-order valence-electron chi connectivity index (χ2n) is 3.85. The largest absolute Gasteiger partial charge is 0.390 e. The Bertz CT molecular complexity index is 297. The predicted octanol–water partition coefficient (Wildman–Crippen LogP) is 1.81. The fourth-order valence-electron chi connectivity index (χ4n) is 1.28. The summed E-state index contributed by atoms with van der Waals surface area (Å²) in [6.07, 6.45) is 1.38. The van der Waals surface area contributed by atoms with Crippen LogP contribution in [0.25, 0.3) is 0 Å². The summed E-state index contributed by atoms with van der Waals surface area (Å²) in [4.78, 5) is 10.5. The highest BCUT2D eigenvalue weighted by molar-refractivity contribution is 5.74. The second-order valence-corrected chi connectivity index (χ2v) is 3.85. The quantitative estimate of drug-likeness (QED) is 0.717. The van der Waals surface area contributed by atoms with Crippen molar-refractivity contribution in [1.82, 2.24) is 0 Å². The highest BCUT2D eigenvalue weighted by Gasteiger charge is 2.13. The summed E-state index contributed by atoms with van der Waals surface area (Å²) in [5.74, 6) is 0. The maximum atomic E-state index is 10.5. The molecule has 0 amide bonds. The molecule has 0 aliphatic carbocycles. The molecule has 0 atom stereocenters. The smallest absolute Gasteiger partial charge is 0.150 e. The van der Waals surface area contributed by atoms with Gasteiger partial charge in [-0.3, -0.25) is 4.79 Å². The molecule has 0 aliphatic heterocycles. The number of carbonyl (C=O) groups is 1. The Labute approximate surface area is 78.2 Å². The van der Waals surface area contributed by atoms with Crippen LogP contribution >= 0.6 is 0 Å². The predicted molar refractivity (Wildman–Crippen MR) is 51.8 cm³/mol. The molecule has 2 heteroatoms. The summed E-state index contributed by atoms with van der Waals surface area (Å²) in [6, 6.07) is 7.28. The molecule has 1 N–H and O–H groups in total. The maximum Gasteiger partial charge on any atom is 0.150 e. The first-order valence-electron chi connectivity index (χ1n) is 4.28. The van der Waals surface area contributed by atoms with Gasteiger partial charge in [-0.05, 0) is 25.5 Å². The monoisotopic (exact) mass is 178 g/mol. The first-order valence-corrected chi connectivity index (χ1v) is 4.28. The minimum absolute atomic E-state index is 0.564.